The summed E-state index contributed by atoms with van der Waals surface area (Å²) < 4.78 is 9.31. The molecule has 0 aromatic carbocycles. The number of aldehydes is 1. The topological polar surface area (TPSA) is 35.5 Å². The monoisotopic (exact) mass is 160 g/mol. The van der Waals surface area contributed by atoms with Crippen molar-refractivity contribution in [2.75, 3.05) is 27.4 Å². The van der Waals surface area contributed by atoms with E-state index in [1.165, 1.54) is 0 Å². The summed E-state index contributed by atoms with van der Waals surface area (Å²) in [5.41, 5.74) is 0.574. The van der Waals surface area contributed by atoms with E-state index >= 15 is 0 Å². The van der Waals surface area contributed by atoms with Crippen LogP contribution in [0.25, 0.3) is 0 Å². The molecular formula is C8H16O3. The van der Waals surface area contributed by atoms with Crippen molar-refractivity contribution in [1.82, 2.24) is 0 Å². The minimum atomic E-state index is 0.574. The van der Waals surface area contributed by atoms with Gasteiger partial charge in [-0.2, -0.15) is 0 Å². The van der Waals surface area contributed by atoms with Gasteiger partial charge in [0, 0.05) is 14.2 Å². The van der Waals surface area contributed by atoms with E-state index in [1.807, 2.05) is 0 Å². The Balaban J connectivity index is 0. The van der Waals surface area contributed by atoms with Gasteiger partial charge >= 0.3 is 0 Å². The smallest absolute Gasteiger partial charge is 0.145 e. The van der Waals surface area contributed by atoms with Crippen LogP contribution in [0.2, 0.25) is 0 Å². The molecule has 0 aromatic heterocycles. The maximum absolute atomic E-state index is 9.41. The first-order valence-electron chi connectivity index (χ1n) is 3.27. The lowest BCUT2D eigenvalue weighted by Crippen LogP contribution is -1.96. The number of carbonyl (C=O) groups is 1. The van der Waals surface area contributed by atoms with Crippen molar-refractivity contribution in [3.05, 3.63) is 12.2 Å². The van der Waals surface area contributed by atoms with Crippen molar-refractivity contribution in [2.45, 2.75) is 6.92 Å². The number of rotatable bonds is 4. The molecule has 0 radical (unpaired) electrons. The van der Waals surface area contributed by atoms with Crippen LogP contribution in [0.1, 0.15) is 6.92 Å². The molecule has 66 valence electrons. The highest BCUT2D eigenvalue weighted by Crippen LogP contribution is 1.71. The van der Waals surface area contributed by atoms with Gasteiger partial charge in [0.1, 0.15) is 6.29 Å². The van der Waals surface area contributed by atoms with Gasteiger partial charge in [0.15, 0.2) is 0 Å². The molecule has 0 rings (SSSR count). The van der Waals surface area contributed by atoms with E-state index in [2.05, 4.69) is 16.1 Å². The molecule has 0 bridgehead atoms. The molecule has 0 saturated carbocycles. The van der Waals surface area contributed by atoms with Crippen LogP contribution in [0.15, 0.2) is 12.2 Å². The van der Waals surface area contributed by atoms with Gasteiger partial charge in [0.25, 0.3) is 0 Å². The van der Waals surface area contributed by atoms with E-state index < -0.39 is 0 Å². The largest absolute Gasteiger partial charge is 0.382 e. The van der Waals surface area contributed by atoms with E-state index in [0.29, 0.717) is 18.8 Å². The van der Waals surface area contributed by atoms with E-state index in [9.17, 15) is 4.79 Å². The standard InChI is InChI=1S/C4H10O2.C4H6O/c1-5-3-4-6-2;1-4(2)3-5/h3-4H2,1-2H3;3H,1H2,2H3. The number of methoxy groups -OCH3 is 2. The number of hydrogen-bond acceptors (Lipinski definition) is 3. The van der Waals surface area contributed by atoms with Crippen molar-refractivity contribution in [1.29, 1.82) is 0 Å². The van der Waals surface area contributed by atoms with Gasteiger partial charge in [-0.1, -0.05) is 6.58 Å². The Bertz CT molecular complexity index is 95.5. The normalized spacial score (nSPS) is 7.91. The number of ether oxygens (including phenoxy) is 2. The molecule has 3 nitrogen and oxygen atoms in total. The van der Waals surface area contributed by atoms with Crippen molar-refractivity contribution >= 4 is 6.29 Å². The summed E-state index contributed by atoms with van der Waals surface area (Å²) in [6.45, 7) is 6.35. The van der Waals surface area contributed by atoms with Crippen LogP contribution in [0.4, 0.5) is 0 Å². The van der Waals surface area contributed by atoms with E-state index in [1.54, 1.807) is 21.1 Å². The number of allylic oxidation sites excluding steroid dienone is 1. The van der Waals surface area contributed by atoms with Crippen molar-refractivity contribution < 1.29 is 14.3 Å². The van der Waals surface area contributed by atoms with Gasteiger partial charge in [-0.25, -0.2) is 0 Å². The number of carbonyl (C=O) groups excluding carboxylic acids is 1. The first kappa shape index (κ1) is 13.0. The predicted octanol–water partition coefficient (Wildman–Crippen LogP) is 1.04. The number of hydrogen-bond donors (Lipinski definition) is 0. The fraction of sp³-hybridized carbons (Fsp3) is 0.625. The molecule has 0 aliphatic rings. The van der Waals surface area contributed by atoms with Gasteiger partial charge in [-0.05, 0) is 12.5 Å². The minimum absolute atomic E-state index is 0.574. The second-order valence-corrected chi connectivity index (χ2v) is 1.95. The molecule has 0 aliphatic heterocycles. The predicted molar refractivity (Wildman–Crippen MR) is 44.6 cm³/mol. The first-order valence-corrected chi connectivity index (χ1v) is 3.27. The van der Waals surface area contributed by atoms with Gasteiger partial charge in [0.2, 0.25) is 0 Å². The highest BCUT2D eigenvalue weighted by molar-refractivity contribution is 5.70. The molecule has 0 amide bonds. The maximum atomic E-state index is 9.41. The molecule has 0 unspecified atom stereocenters. The summed E-state index contributed by atoms with van der Waals surface area (Å²) in [4.78, 5) is 9.41. The van der Waals surface area contributed by atoms with Crippen LogP contribution in [-0.4, -0.2) is 33.7 Å². The molecule has 0 aromatic rings. The first-order chi connectivity index (χ1) is 5.18. The van der Waals surface area contributed by atoms with E-state index in [0.717, 1.165) is 6.29 Å². The summed E-state index contributed by atoms with van der Waals surface area (Å²) in [6.07, 6.45) is 0.722. The Morgan fingerprint density at radius 3 is 1.73 bits per heavy atom. The molecular weight excluding hydrogens is 144 g/mol. The lowest BCUT2D eigenvalue weighted by Gasteiger charge is -1.91. The van der Waals surface area contributed by atoms with Crippen LogP contribution in [0.3, 0.4) is 0 Å². The van der Waals surface area contributed by atoms with Crippen LogP contribution < -0.4 is 0 Å². The second kappa shape index (κ2) is 12.0. The minimum Gasteiger partial charge on any atom is -0.382 e. The van der Waals surface area contributed by atoms with E-state index in [-0.39, 0.29) is 0 Å². The Hall–Kier alpha value is -0.670. The Morgan fingerprint density at radius 1 is 1.36 bits per heavy atom. The van der Waals surface area contributed by atoms with Crippen LogP contribution >= 0.6 is 0 Å². The summed E-state index contributed by atoms with van der Waals surface area (Å²) in [5.74, 6) is 0. The van der Waals surface area contributed by atoms with Crippen LogP contribution in [0, 0.1) is 0 Å². The highest BCUT2D eigenvalue weighted by Gasteiger charge is 1.73. The average Bonchev–Trinajstić information content (AvgIpc) is 2.02. The molecule has 11 heavy (non-hydrogen) atoms. The maximum Gasteiger partial charge on any atom is 0.145 e. The molecule has 0 N–H and O–H groups in total. The van der Waals surface area contributed by atoms with Crippen molar-refractivity contribution in [3.8, 4) is 0 Å². The summed E-state index contributed by atoms with van der Waals surface area (Å²) in [5, 5.41) is 0. The Morgan fingerprint density at radius 2 is 1.64 bits per heavy atom. The van der Waals surface area contributed by atoms with Gasteiger partial charge in [-0.3, -0.25) is 4.79 Å². The quantitative estimate of drug-likeness (QED) is 0.350. The summed E-state index contributed by atoms with van der Waals surface area (Å²) >= 11 is 0. The molecule has 0 saturated heterocycles. The fourth-order valence-electron chi connectivity index (χ4n) is 0.167. The SMILES string of the molecule is C=C(C)C=O.COCCOC. The van der Waals surface area contributed by atoms with Crippen molar-refractivity contribution in [2.24, 2.45) is 0 Å². The fourth-order valence-corrected chi connectivity index (χ4v) is 0.167. The average molecular weight is 160 g/mol. The van der Waals surface area contributed by atoms with E-state index in [4.69, 9.17) is 0 Å². The van der Waals surface area contributed by atoms with Gasteiger partial charge in [-0.15, -0.1) is 0 Å². The zero-order valence-electron chi connectivity index (χ0n) is 7.42. The van der Waals surface area contributed by atoms with Crippen molar-refractivity contribution in [3.63, 3.8) is 0 Å². The third-order valence-electron chi connectivity index (χ3n) is 0.693. The summed E-state index contributed by atoms with van der Waals surface area (Å²) in [6, 6.07) is 0. The van der Waals surface area contributed by atoms with Gasteiger partial charge in [0.05, 0.1) is 13.2 Å². The molecule has 0 spiro atoms. The summed E-state index contributed by atoms with van der Waals surface area (Å²) in [7, 11) is 3.30. The van der Waals surface area contributed by atoms with Gasteiger partial charge < -0.3 is 9.47 Å². The highest BCUT2D eigenvalue weighted by atomic mass is 16.5. The molecule has 0 aliphatic carbocycles. The Labute approximate surface area is 68.0 Å². The zero-order valence-corrected chi connectivity index (χ0v) is 7.42. The lowest BCUT2D eigenvalue weighted by atomic mass is 10.4. The van der Waals surface area contributed by atoms with Crippen LogP contribution in [0.5, 0.6) is 0 Å². The molecule has 0 fully saturated rings. The molecule has 3 heteroatoms. The third kappa shape index (κ3) is 26.7. The third-order valence-corrected chi connectivity index (χ3v) is 0.693. The van der Waals surface area contributed by atoms with Crippen LogP contribution in [-0.2, 0) is 14.3 Å². The Kier molecular flexibility index (Phi) is 14.2. The molecule has 0 heterocycles. The molecule has 0 atom stereocenters. The second-order valence-electron chi connectivity index (χ2n) is 1.95. The lowest BCUT2D eigenvalue weighted by molar-refractivity contribution is -0.104. The zero-order chi connectivity index (χ0) is 9.11.